The van der Waals surface area contributed by atoms with Crippen molar-refractivity contribution in [3.8, 4) is 11.1 Å². The van der Waals surface area contributed by atoms with E-state index in [1.807, 2.05) is 29.2 Å². The Labute approximate surface area is 186 Å². The summed E-state index contributed by atoms with van der Waals surface area (Å²) in [4.78, 5) is 23.5. The molecule has 3 aromatic rings. The van der Waals surface area contributed by atoms with Gasteiger partial charge in [-0.1, -0.05) is 48.5 Å². The Morgan fingerprint density at radius 3 is 2.22 bits per heavy atom. The van der Waals surface area contributed by atoms with Crippen molar-refractivity contribution in [2.45, 2.75) is 49.3 Å². The first-order chi connectivity index (χ1) is 15.6. The summed E-state index contributed by atoms with van der Waals surface area (Å²) >= 11 is 0. The minimum Gasteiger partial charge on any atom is -0.448 e. The van der Waals surface area contributed by atoms with Crippen LogP contribution in [-0.2, 0) is 10.3 Å². The second-order valence-electron chi connectivity index (χ2n) is 9.13. The van der Waals surface area contributed by atoms with Crippen LogP contribution in [0.5, 0.6) is 0 Å². The Balaban J connectivity index is 1.19. The number of piperidine rings is 1. The molecule has 1 amide bonds. The molecule has 0 saturated carbocycles. The fourth-order valence-electron chi connectivity index (χ4n) is 5.94. The van der Waals surface area contributed by atoms with Crippen LogP contribution in [0.3, 0.4) is 0 Å². The van der Waals surface area contributed by atoms with E-state index in [0.717, 1.165) is 12.8 Å². The summed E-state index contributed by atoms with van der Waals surface area (Å²) in [5.74, 6) is 0.0466. The van der Waals surface area contributed by atoms with Gasteiger partial charge >= 0.3 is 6.09 Å². The fourth-order valence-corrected chi connectivity index (χ4v) is 5.94. The molecule has 6 nitrogen and oxygen atoms in total. The van der Waals surface area contributed by atoms with Gasteiger partial charge in [-0.2, -0.15) is 0 Å². The molecule has 2 fully saturated rings. The Morgan fingerprint density at radius 2 is 1.62 bits per heavy atom. The molecule has 2 aromatic carbocycles. The van der Waals surface area contributed by atoms with Crippen LogP contribution in [-0.4, -0.2) is 44.8 Å². The van der Waals surface area contributed by atoms with Gasteiger partial charge in [-0.15, -0.1) is 0 Å². The highest BCUT2D eigenvalue weighted by atomic mass is 16.6. The molecule has 1 N–H and O–H groups in total. The summed E-state index contributed by atoms with van der Waals surface area (Å²) in [7, 11) is 0. The molecule has 2 unspecified atom stereocenters. The van der Waals surface area contributed by atoms with Crippen molar-refractivity contribution in [3.63, 3.8) is 0 Å². The van der Waals surface area contributed by atoms with E-state index < -0.39 is 5.60 Å². The largest absolute Gasteiger partial charge is 0.448 e. The minimum absolute atomic E-state index is 0.0450. The highest BCUT2D eigenvalue weighted by Gasteiger charge is 2.51. The maximum Gasteiger partial charge on any atom is 0.410 e. The highest BCUT2D eigenvalue weighted by Crippen LogP contribution is 2.47. The van der Waals surface area contributed by atoms with Crippen LogP contribution >= 0.6 is 0 Å². The Kier molecular flexibility index (Phi) is 4.50. The topological polar surface area (TPSA) is 75.5 Å². The van der Waals surface area contributed by atoms with Gasteiger partial charge < -0.3 is 14.7 Å². The number of hydrogen-bond donors (Lipinski definition) is 1. The number of nitrogens with zero attached hydrogens (tertiary/aromatic N) is 3. The van der Waals surface area contributed by atoms with Crippen LogP contribution in [0.15, 0.2) is 67.1 Å². The predicted molar refractivity (Wildman–Crippen MR) is 119 cm³/mol. The minimum atomic E-state index is -1.04. The van der Waals surface area contributed by atoms with Crippen LogP contribution < -0.4 is 0 Å². The Bertz CT molecular complexity index is 1110. The number of carbonyl (C=O) groups is 1. The quantitative estimate of drug-likeness (QED) is 0.677. The normalized spacial score (nSPS) is 26.0. The SMILES string of the molecule is O=C(OCC1c2ccccc2-c2ccccc21)N1C2CCC1CC(O)(c1cnccn1)C2. The lowest BCUT2D eigenvalue weighted by atomic mass is 9.84. The first-order valence-electron chi connectivity index (χ1n) is 11.3. The summed E-state index contributed by atoms with van der Waals surface area (Å²) < 4.78 is 5.91. The lowest BCUT2D eigenvalue weighted by Crippen LogP contribution is -2.52. The van der Waals surface area contributed by atoms with E-state index >= 15 is 0 Å². The molecule has 2 saturated heterocycles. The zero-order valence-electron chi connectivity index (χ0n) is 17.7. The maximum absolute atomic E-state index is 13.2. The number of benzene rings is 2. The van der Waals surface area contributed by atoms with Gasteiger partial charge in [0.15, 0.2) is 0 Å². The molecule has 6 heteroatoms. The number of aromatic nitrogens is 2. The van der Waals surface area contributed by atoms with Crippen LogP contribution in [0, 0.1) is 0 Å². The Morgan fingerprint density at radius 1 is 1.00 bits per heavy atom. The van der Waals surface area contributed by atoms with E-state index in [0.29, 0.717) is 25.1 Å². The molecule has 6 rings (SSSR count). The molecule has 1 aliphatic carbocycles. The number of amides is 1. The number of fused-ring (bicyclic) bond motifs is 5. The molecule has 2 atom stereocenters. The molecule has 162 valence electrons. The van der Waals surface area contributed by atoms with Gasteiger partial charge in [0.25, 0.3) is 0 Å². The molecular formula is C26H25N3O3. The molecule has 0 spiro atoms. The summed E-state index contributed by atoms with van der Waals surface area (Å²) in [5.41, 5.74) is 4.40. The van der Waals surface area contributed by atoms with E-state index in [4.69, 9.17) is 4.74 Å². The van der Waals surface area contributed by atoms with E-state index in [9.17, 15) is 9.90 Å². The van der Waals surface area contributed by atoms with Gasteiger partial charge in [-0.05, 0) is 35.1 Å². The fraction of sp³-hybridized carbons (Fsp3) is 0.346. The van der Waals surface area contributed by atoms with E-state index in [1.165, 1.54) is 22.3 Å². The van der Waals surface area contributed by atoms with Crippen molar-refractivity contribution >= 4 is 6.09 Å². The zero-order valence-corrected chi connectivity index (χ0v) is 17.7. The van der Waals surface area contributed by atoms with E-state index in [-0.39, 0.29) is 24.1 Å². The summed E-state index contributed by atoms with van der Waals surface area (Å²) in [6, 6.07) is 16.6. The van der Waals surface area contributed by atoms with Crippen molar-refractivity contribution in [3.05, 3.63) is 83.9 Å². The van der Waals surface area contributed by atoms with Crippen molar-refractivity contribution in [2.75, 3.05) is 6.61 Å². The molecular weight excluding hydrogens is 402 g/mol. The standard InChI is InChI=1S/C26H25N3O3/c30-25(29-17-9-10-18(29)14-26(31,13-17)24-15-27-11-12-28-24)32-16-23-21-7-3-1-5-19(21)20-6-2-4-8-22(20)23/h1-8,11-12,15,17-18,23,31H,9-10,13-14,16H2. The first kappa shape index (κ1) is 19.4. The number of aliphatic hydroxyl groups is 1. The van der Waals surface area contributed by atoms with Crippen molar-refractivity contribution < 1.29 is 14.6 Å². The van der Waals surface area contributed by atoms with Gasteiger partial charge in [0, 0.05) is 43.2 Å². The lowest BCUT2D eigenvalue weighted by Gasteiger charge is -2.42. The molecule has 2 aliphatic heterocycles. The van der Waals surface area contributed by atoms with Crippen LogP contribution in [0.2, 0.25) is 0 Å². The predicted octanol–water partition coefficient (Wildman–Crippen LogP) is 4.24. The third-order valence-corrected chi connectivity index (χ3v) is 7.35. The second-order valence-corrected chi connectivity index (χ2v) is 9.13. The molecule has 0 radical (unpaired) electrons. The van der Waals surface area contributed by atoms with Gasteiger partial charge in [-0.3, -0.25) is 9.97 Å². The third kappa shape index (κ3) is 3.01. The second kappa shape index (κ2) is 7.41. The van der Waals surface area contributed by atoms with Gasteiger partial charge in [0.05, 0.1) is 11.9 Å². The summed E-state index contributed by atoms with van der Waals surface area (Å²) in [6.45, 7) is 0.317. The molecule has 32 heavy (non-hydrogen) atoms. The van der Waals surface area contributed by atoms with Gasteiger partial charge in [0.1, 0.15) is 12.2 Å². The van der Waals surface area contributed by atoms with Crippen molar-refractivity contribution in [1.29, 1.82) is 0 Å². The third-order valence-electron chi connectivity index (χ3n) is 7.35. The lowest BCUT2D eigenvalue weighted by molar-refractivity contribution is -0.0561. The molecule has 3 aliphatic rings. The zero-order chi connectivity index (χ0) is 21.7. The number of carbonyl (C=O) groups excluding carboxylic acids is 1. The van der Waals surface area contributed by atoms with Crippen LogP contribution in [0.1, 0.15) is 48.4 Å². The number of rotatable bonds is 3. The summed E-state index contributed by atoms with van der Waals surface area (Å²) in [6.07, 6.45) is 7.23. The van der Waals surface area contributed by atoms with Crippen LogP contribution in [0.4, 0.5) is 4.79 Å². The van der Waals surface area contributed by atoms with Gasteiger partial charge in [-0.25, -0.2) is 4.79 Å². The highest BCUT2D eigenvalue weighted by molar-refractivity contribution is 5.79. The molecule has 2 bridgehead atoms. The number of hydrogen-bond acceptors (Lipinski definition) is 5. The van der Waals surface area contributed by atoms with E-state index in [2.05, 4.69) is 34.2 Å². The van der Waals surface area contributed by atoms with Crippen molar-refractivity contribution in [2.24, 2.45) is 0 Å². The average molecular weight is 428 g/mol. The molecule has 3 heterocycles. The monoisotopic (exact) mass is 427 g/mol. The summed E-state index contributed by atoms with van der Waals surface area (Å²) in [5, 5.41) is 11.3. The number of ether oxygens (including phenoxy) is 1. The Hall–Kier alpha value is -3.25. The maximum atomic E-state index is 13.2. The first-order valence-corrected chi connectivity index (χ1v) is 11.3. The average Bonchev–Trinajstić information content (AvgIpc) is 3.30. The van der Waals surface area contributed by atoms with Crippen molar-refractivity contribution in [1.82, 2.24) is 14.9 Å². The van der Waals surface area contributed by atoms with Crippen LogP contribution in [0.25, 0.3) is 11.1 Å². The van der Waals surface area contributed by atoms with Gasteiger partial charge in [0.2, 0.25) is 0 Å². The smallest absolute Gasteiger partial charge is 0.410 e. The van der Waals surface area contributed by atoms with E-state index in [1.54, 1.807) is 18.6 Å². The molecule has 1 aromatic heterocycles.